The van der Waals surface area contributed by atoms with Gasteiger partial charge in [-0.2, -0.15) is 0 Å². The van der Waals surface area contributed by atoms with Crippen LogP contribution in [0.5, 0.6) is 0 Å². The van der Waals surface area contributed by atoms with Crippen LogP contribution in [0.3, 0.4) is 0 Å². The Balaban J connectivity index is 1.36. The molecule has 0 bridgehead atoms. The van der Waals surface area contributed by atoms with Gasteiger partial charge in [-0.15, -0.1) is 11.3 Å². The van der Waals surface area contributed by atoms with Crippen LogP contribution in [-0.4, -0.2) is 35.0 Å². The molecule has 2 aromatic heterocycles. The van der Waals surface area contributed by atoms with E-state index in [0.717, 1.165) is 41.0 Å². The van der Waals surface area contributed by atoms with Crippen LogP contribution in [0, 0.1) is 0 Å². The predicted molar refractivity (Wildman–Crippen MR) is 97.5 cm³/mol. The number of fused-ring (bicyclic) bond motifs is 1. The molecule has 5 nitrogen and oxygen atoms in total. The van der Waals surface area contributed by atoms with Crippen molar-refractivity contribution < 1.29 is 4.79 Å². The molecular weight excluding hydrogens is 320 g/mol. The summed E-state index contributed by atoms with van der Waals surface area (Å²) in [6.07, 6.45) is 6.44. The van der Waals surface area contributed by atoms with Gasteiger partial charge in [0.2, 0.25) is 5.91 Å². The van der Waals surface area contributed by atoms with E-state index < -0.39 is 0 Å². The molecule has 0 radical (unpaired) electrons. The van der Waals surface area contributed by atoms with Crippen molar-refractivity contribution in [2.45, 2.75) is 25.3 Å². The van der Waals surface area contributed by atoms with Crippen molar-refractivity contribution in [1.29, 1.82) is 0 Å². The summed E-state index contributed by atoms with van der Waals surface area (Å²) in [6.45, 7) is 1.71. The van der Waals surface area contributed by atoms with E-state index in [9.17, 15) is 4.79 Å². The number of benzene rings is 1. The van der Waals surface area contributed by atoms with E-state index >= 15 is 0 Å². The predicted octanol–water partition coefficient (Wildman–Crippen LogP) is 2.95. The number of thiazole rings is 1. The van der Waals surface area contributed by atoms with Crippen LogP contribution >= 0.6 is 11.3 Å². The number of H-pyrrole nitrogens is 1. The highest BCUT2D eigenvalue weighted by Gasteiger charge is 2.26. The van der Waals surface area contributed by atoms with E-state index in [4.69, 9.17) is 0 Å². The molecule has 1 unspecified atom stereocenters. The lowest BCUT2D eigenvalue weighted by Crippen LogP contribution is -2.40. The van der Waals surface area contributed by atoms with Crippen molar-refractivity contribution in [1.82, 2.24) is 15.3 Å². The van der Waals surface area contributed by atoms with Crippen LogP contribution in [0.4, 0.5) is 5.13 Å². The fourth-order valence-electron chi connectivity index (χ4n) is 3.40. The first-order valence-corrected chi connectivity index (χ1v) is 9.17. The maximum Gasteiger partial charge on any atom is 0.224 e. The van der Waals surface area contributed by atoms with Gasteiger partial charge < -0.3 is 15.2 Å². The molecule has 6 heteroatoms. The van der Waals surface area contributed by atoms with Crippen LogP contribution < -0.4 is 10.2 Å². The molecule has 0 spiro atoms. The molecule has 0 saturated carbocycles. The van der Waals surface area contributed by atoms with Crippen molar-refractivity contribution in [3.05, 3.63) is 47.6 Å². The van der Waals surface area contributed by atoms with Crippen molar-refractivity contribution in [3.8, 4) is 0 Å². The molecule has 3 heterocycles. The first kappa shape index (κ1) is 15.2. The lowest BCUT2D eigenvalue weighted by atomic mass is 10.1. The molecule has 1 saturated heterocycles. The molecule has 1 atom stereocenters. The van der Waals surface area contributed by atoms with E-state index in [1.54, 1.807) is 11.3 Å². The van der Waals surface area contributed by atoms with E-state index in [1.165, 1.54) is 0 Å². The summed E-state index contributed by atoms with van der Waals surface area (Å²) in [7, 11) is 0. The number of nitrogens with zero attached hydrogens (tertiary/aromatic N) is 2. The van der Waals surface area contributed by atoms with E-state index in [2.05, 4.69) is 26.3 Å². The zero-order chi connectivity index (χ0) is 16.4. The highest BCUT2D eigenvalue weighted by molar-refractivity contribution is 7.13. The minimum atomic E-state index is 0.0748. The molecule has 1 aliphatic heterocycles. The van der Waals surface area contributed by atoms with Crippen molar-refractivity contribution in [2.24, 2.45) is 0 Å². The number of anilines is 1. The molecule has 0 aliphatic carbocycles. The fourth-order valence-corrected chi connectivity index (χ4v) is 4.14. The molecule has 3 aromatic rings. The maximum atomic E-state index is 12.3. The van der Waals surface area contributed by atoms with Gasteiger partial charge >= 0.3 is 0 Å². The lowest BCUT2D eigenvalue weighted by Gasteiger charge is -2.24. The molecule has 1 aromatic carbocycles. The van der Waals surface area contributed by atoms with Crippen LogP contribution in [0.1, 0.15) is 18.4 Å². The van der Waals surface area contributed by atoms with Gasteiger partial charge in [0.05, 0.1) is 6.42 Å². The topological polar surface area (TPSA) is 61.0 Å². The summed E-state index contributed by atoms with van der Waals surface area (Å²) in [5.41, 5.74) is 2.12. The highest BCUT2D eigenvalue weighted by Crippen LogP contribution is 2.26. The van der Waals surface area contributed by atoms with Gasteiger partial charge in [-0.25, -0.2) is 4.98 Å². The van der Waals surface area contributed by atoms with Gasteiger partial charge in [0.1, 0.15) is 0 Å². The quantitative estimate of drug-likeness (QED) is 0.751. The zero-order valence-corrected chi connectivity index (χ0v) is 14.2. The third kappa shape index (κ3) is 3.01. The second-order valence-electron chi connectivity index (χ2n) is 6.14. The third-order valence-electron chi connectivity index (χ3n) is 4.60. The molecule has 1 amide bonds. The van der Waals surface area contributed by atoms with Crippen molar-refractivity contribution >= 4 is 33.3 Å². The van der Waals surface area contributed by atoms with E-state index in [1.807, 2.05) is 36.0 Å². The Kier molecular flexibility index (Phi) is 4.21. The summed E-state index contributed by atoms with van der Waals surface area (Å²) in [5, 5.41) is 7.28. The van der Waals surface area contributed by atoms with Crippen LogP contribution in [-0.2, 0) is 11.2 Å². The summed E-state index contributed by atoms with van der Waals surface area (Å²) in [5.74, 6) is 0.0748. The van der Waals surface area contributed by atoms with Crippen molar-refractivity contribution in [2.75, 3.05) is 18.0 Å². The number of hydrogen-bond acceptors (Lipinski definition) is 4. The van der Waals surface area contributed by atoms with Gasteiger partial charge in [0, 0.05) is 47.8 Å². The highest BCUT2D eigenvalue weighted by atomic mass is 32.1. The molecular formula is C18H20N4OS. The first-order chi connectivity index (χ1) is 11.8. The number of amides is 1. The normalized spacial score (nSPS) is 17.5. The Bertz CT molecular complexity index is 827. The molecule has 4 rings (SSSR count). The largest absolute Gasteiger partial charge is 0.361 e. The minimum absolute atomic E-state index is 0.0748. The molecule has 2 N–H and O–H groups in total. The Morgan fingerprint density at radius 3 is 3.21 bits per heavy atom. The third-order valence-corrected chi connectivity index (χ3v) is 5.41. The summed E-state index contributed by atoms with van der Waals surface area (Å²) < 4.78 is 0. The monoisotopic (exact) mass is 340 g/mol. The van der Waals surface area contributed by atoms with E-state index in [-0.39, 0.29) is 5.91 Å². The SMILES string of the molecule is O=C(Cc1c[nH]c2ccccc12)NCC1CCCN1c1nccs1. The van der Waals surface area contributed by atoms with Gasteiger partial charge in [0.25, 0.3) is 0 Å². The molecule has 1 aliphatic rings. The number of hydrogen-bond donors (Lipinski definition) is 2. The number of aromatic nitrogens is 2. The number of rotatable bonds is 5. The van der Waals surface area contributed by atoms with Gasteiger partial charge in [0.15, 0.2) is 5.13 Å². The Morgan fingerprint density at radius 1 is 1.42 bits per heavy atom. The van der Waals surface area contributed by atoms with Crippen molar-refractivity contribution in [3.63, 3.8) is 0 Å². The Hall–Kier alpha value is -2.34. The standard InChI is InChI=1S/C18H20N4OS/c23-17(10-13-11-20-16-6-2-1-5-15(13)16)21-12-14-4-3-8-22(14)18-19-7-9-24-18/h1-2,5-7,9,11,14,20H,3-4,8,10,12H2,(H,21,23). The van der Waals surface area contributed by atoms with Gasteiger partial charge in [-0.3, -0.25) is 4.79 Å². The average Bonchev–Trinajstić information content (AvgIpc) is 3.33. The molecule has 124 valence electrons. The first-order valence-electron chi connectivity index (χ1n) is 8.29. The number of para-hydroxylation sites is 1. The Labute approximate surface area is 144 Å². The van der Waals surface area contributed by atoms with Crippen LogP contribution in [0.15, 0.2) is 42.0 Å². The smallest absolute Gasteiger partial charge is 0.224 e. The zero-order valence-electron chi connectivity index (χ0n) is 13.4. The second-order valence-corrected chi connectivity index (χ2v) is 7.02. The minimum Gasteiger partial charge on any atom is -0.361 e. The number of aromatic amines is 1. The van der Waals surface area contributed by atoms with Crippen LogP contribution in [0.25, 0.3) is 10.9 Å². The van der Waals surface area contributed by atoms with Gasteiger partial charge in [-0.1, -0.05) is 18.2 Å². The lowest BCUT2D eigenvalue weighted by molar-refractivity contribution is -0.120. The molecule has 1 fully saturated rings. The number of carbonyl (C=O) groups is 1. The molecule has 24 heavy (non-hydrogen) atoms. The van der Waals surface area contributed by atoms with Gasteiger partial charge in [-0.05, 0) is 24.5 Å². The Morgan fingerprint density at radius 2 is 2.33 bits per heavy atom. The summed E-state index contributed by atoms with van der Waals surface area (Å²) in [4.78, 5) is 22.3. The average molecular weight is 340 g/mol. The van der Waals surface area contributed by atoms with Crippen LogP contribution in [0.2, 0.25) is 0 Å². The summed E-state index contributed by atoms with van der Waals surface area (Å²) >= 11 is 1.66. The maximum absolute atomic E-state index is 12.3. The fraction of sp³-hybridized carbons (Fsp3) is 0.333. The summed E-state index contributed by atoms with van der Waals surface area (Å²) in [6, 6.07) is 8.43. The van der Waals surface area contributed by atoms with E-state index in [0.29, 0.717) is 19.0 Å². The number of carbonyl (C=O) groups excluding carboxylic acids is 1. The number of nitrogens with one attached hydrogen (secondary N) is 2. The second kappa shape index (κ2) is 6.65.